The minimum atomic E-state index is -2.47. The van der Waals surface area contributed by atoms with E-state index in [1.807, 2.05) is 38.6 Å². The molecular weight excluding hydrogens is 699 g/mol. The van der Waals surface area contributed by atoms with Crippen LogP contribution in [0.25, 0.3) is 0 Å². The lowest BCUT2D eigenvalue weighted by Gasteiger charge is -2.47. The van der Waals surface area contributed by atoms with Gasteiger partial charge in [0.2, 0.25) is 5.79 Å². The molecule has 0 spiro atoms. The normalized spacial score (nSPS) is 39.4. The summed E-state index contributed by atoms with van der Waals surface area (Å²) in [6, 6.07) is -1.07. The first-order valence-electron chi connectivity index (χ1n) is 19.8. The number of esters is 1. The van der Waals surface area contributed by atoms with Crippen LogP contribution in [0.3, 0.4) is 0 Å². The molecule has 2 N–H and O–H groups in total. The Morgan fingerprint density at radius 1 is 1.02 bits per heavy atom. The topological polar surface area (TPSA) is 149 Å². The second-order valence-corrected chi connectivity index (χ2v) is 17.4. The van der Waals surface area contributed by atoms with Crippen molar-refractivity contribution >= 4 is 35.2 Å². The molecule has 0 saturated carbocycles. The molecule has 4 rings (SSSR count). The van der Waals surface area contributed by atoms with Crippen LogP contribution in [0.2, 0.25) is 0 Å². The molecule has 11 nitrogen and oxygen atoms in total. The van der Waals surface area contributed by atoms with Gasteiger partial charge in [-0.15, -0.1) is 0 Å². The van der Waals surface area contributed by atoms with E-state index in [0.29, 0.717) is 38.0 Å². The lowest BCUT2D eigenvalue weighted by Crippen LogP contribution is -2.64. The zero-order valence-corrected chi connectivity index (χ0v) is 34.0. The Morgan fingerprint density at radius 3 is 2.32 bits per heavy atom. The second-order valence-electron chi connectivity index (χ2n) is 16.2. The highest BCUT2D eigenvalue weighted by molar-refractivity contribution is 7.99. The highest BCUT2D eigenvalue weighted by Gasteiger charge is 2.56. The number of carbonyl (C=O) groups excluding carboxylic acids is 4. The van der Waals surface area contributed by atoms with Gasteiger partial charge in [0.05, 0.1) is 18.3 Å². The molecular formula is C41H65NO10S. The number of rotatable bonds is 5. The maximum atomic E-state index is 14.2. The van der Waals surface area contributed by atoms with E-state index in [-0.39, 0.29) is 37.5 Å². The molecule has 0 aromatic rings. The SMILES string of the molecule is CC[C@@H]1/C=C(\C)C[C@H](C)C[C@H](OC)[C@H]2O[C@@](O)(C(=O)C(=O)N3CCCC[C@H]3C(=O)O[C@H](/C(C)=C/C3CCSCC3)[C@H](C)[C@@H](O)CC1=O)[C@H](C)C[C@@H]2OC. The van der Waals surface area contributed by atoms with Crippen LogP contribution in [0.4, 0.5) is 0 Å². The van der Waals surface area contributed by atoms with Gasteiger partial charge in [0.1, 0.15) is 24.0 Å². The molecule has 0 radical (unpaired) electrons. The average Bonchev–Trinajstić information content (AvgIpc) is 3.14. The molecule has 4 aliphatic heterocycles. The third-order valence-electron chi connectivity index (χ3n) is 12.1. The van der Waals surface area contributed by atoms with E-state index in [2.05, 4.69) is 13.0 Å². The van der Waals surface area contributed by atoms with Crippen molar-refractivity contribution in [1.82, 2.24) is 4.90 Å². The predicted octanol–water partition coefficient (Wildman–Crippen LogP) is 5.44. The third-order valence-corrected chi connectivity index (χ3v) is 13.1. The van der Waals surface area contributed by atoms with Crippen LogP contribution in [0, 0.1) is 29.6 Å². The van der Waals surface area contributed by atoms with Gasteiger partial charge < -0.3 is 34.1 Å². The average molecular weight is 764 g/mol. The Labute approximate surface area is 321 Å². The van der Waals surface area contributed by atoms with Gasteiger partial charge in [-0.25, -0.2) is 4.79 Å². The number of amides is 1. The van der Waals surface area contributed by atoms with Crippen molar-refractivity contribution < 1.29 is 48.3 Å². The fourth-order valence-electron chi connectivity index (χ4n) is 8.72. The number of methoxy groups -OCH3 is 2. The summed E-state index contributed by atoms with van der Waals surface area (Å²) >= 11 is 1.91. The van der Waals surface area contributed by atoms with Crippen molar-refractivity contribution in [3.8, 4) is 0 Å². The smallest absolute Gasteiger partial charge is 0.329 e. The maximum absolute atomic E-state index is 14.2. The Balaban J connectivity index is 1.76. The van der Waals surface area contributed by atoms with Crippen LogP contribution in [-0.4, -0.2) is 113 Å². The predicted molar refractivity (Wildman–Crippen MR) is 204 cm³/mol. The number of ether oxygens (including phenoxy) is 4. The lowest BCUT2D eigenvalue weighted by molar-refractivity contribution is -0.302. The van der Waals surface area contributed by atoms with Gasteiger partial charge >= 0.3 is 5.97 Å². The standard InChI is InChI=1S/C41H65NO10S/c1-9-30-19-24(2)18-25(3)20-34(49-7)37-35(50-8)22-27(5)41(48,52-37)38(45)39(46)42-15-11-10-12-31(42)40(47)51-36(28(6)32(43)23-33(30)44)26(4)21-29-13-16-53-17-14-29/h19,21,25,27-32,34-37,43,48H,9-18,20,22-23H2,1-8H3/b24-19+,26-21+/t25-,27+,28+,30+,31-,32-,34-,35-,36+,37+,41+/m0/s1. The molecule has 3 fully saturated rings. The number of fused-ring (bicyclic) bond motifs is 3. The molecule has 0 aromatic carbocycles. The minimum Gasteiger partial charge on any atom is -0.456 e. The molecule has 300 valence electrons. The maximum Gasteiger partial charge on any atom is 0.329 e. The third kappa shape index (κ3) is 10.6. The molecule has 2 bridgehead atoms. The summed E-state index contributed by atoms with van der Waals surface area (Å²) in [6.45, 7) is 11.5. The number of hydrogen-bond donors (Lipinski definition) is 2. The van der Waals surface area contributed by atoms with Crippen LogP contribution < -0.4 is 0 Å². The van der Waals surface area contributed by atoms with Crippen LogP contribution in [0.15, 0.2) is 23.3 Å². The monoisotopic (exact) mass is 763 g/mol. The quantitative estimate of drug-likeness (QED) is 0.210. The second kappa shape index (κ2) is 19.7. The fraction of sp³-hybridized carbons (Fsp3) is 0.805. The Morgan fingerprint density at radius 2 is 1.68 bits per heavy atom. The number of aliphatic hydroxyl groups is 2. The van der Waals surface area contributed by atoms with Crippen LogP contribution in [0.1, 0.15) is 106 Å². The Kier molecular flexibility index (Phi) is 16.2. The number of ketones is 2. The lowest BCUT2D eigenvalue weighted by atomic mass is 9.82. The van der Waals surface area contributed by atoms with E-state index in [0.717, 1.165) is 35.5 Å². The molecule has 53 heavy (non-hydrogen) atoms. The van der Waals surface area contributed by atoms with Crippen LogP contribution >= 0.6 is 11.8 Å². The summed E-state index contributed by atoms with van der Waals surface area (Å²) in [7, 11) is 3.09. The van der Waals surface area contributed by atoms with E-state index < -0.39 is 77.8 Å². The first-order chi connectivity index (χ1) is 25.1. The Hall–Kier alpha value is -2.09. The zero-order valence-electron chi connectivity index (χ0n) is 33.2. The summed E-state index contributed by atoms with van der Waals surface area (Å²) in [5.41, 5.74) is 1.81. The number of allylic oxidation sites excluding steroid dienone is 3. The highest BCUT2D eigenvalue weighted by Crippen LogP contribution is 2.39. The van der Waals surface area contributed by atoms with Gasteiger partial charge in [0.25, 0.3) is 11.7 Å². The first-order valence-corrected chi connectivity index (χ1v) is 21.0. The van der Waals surface area contributed by atoms with Crippen molar-refractivity contribution in [3.63, 3.8) is 0 Å². The van der Waals surface area contributed by atoms with Gasteiger partial charge in [-0.2, -0.15) is 11.8 Å². The number of thioether (sulfide) groups is 1. The summed E-state index contributed by atoms with van der Waals surface area (Å²) in [5.74, 6) is -4.74. The molecule has 0 unspecified atom stereocenters. The van der Waals surface area contributed by atoms with Crippen molar-refractivity contribution in [2.24, 2.45) is 29.6 Å². The molecule has 0 aliphatic carbocycles. The van der Waals surface area contributed by atoms with E-state index in [1.54, 1.807) is 28.1 Å². The highest BCUT2D eigenvalue weighted by atomic mass is 32.2. The summed E-state index contributed by atoms with van der Waals surface area (Å²) in [6.07, 6.45) is 5.55. The van der Waals surface area contributed by atoms with E-state index in [1.165, 1.54) is 4.90 Å². The number of carbonyl (C=O) groups is 4. The molecule has 11 atom stereocenters. The van der Waals surface area contributed by atoms with Gasteiger partial charge in [-0.3, -0.25) is 14.4 Å². The minimum absolute atomic E-state index is 0.0601. The Bertz CT molecular complexity index is 1350. The zero-order chi connectivity index (χ0) is 39.0. The number of piperidine rings is 1. The number of cyclic esters (lactones) is 1. The summed E-state index contributed by atoms with van der Waals surface area (Å²) in [4.78, 5) is 57.4. The van der Waals surface area contributed by atoms with Crippen LogP contribution in [-0.2, 0) is 38.1 Å². The van der Waals surface area contributed by atoms with Crippen molar-refractivity contribution in [1.29, 1.82) is 0 Å². The van der Waals surface area contributed by atoms with Crippen molar-refractivity contribution in [2.45, 2.75) is 148 Å². The molecule has 0 aromatic heterocycles. The van der Waals surface area contributed by atoms with E-state index >= 15 is 0 Å². The number of hydrogen-bond acceptors (Lipinski definition) is 11. The van der Waals surface area contributed by atoms with Crippen molar-refractivity contribution in [2.75, 3.05) is 32.3 Å². The number of Topliss-reactive ketones (excluding diaryl/α,β-unsaturated/α-hetero) is 2. The van der Waals surface area contributed by atoms with Crippen LogP contribution in [0.5, 0.6) is 0 Å². The fourth-order valence-corrected chi connectivity index (χ4v) is 9.87. The van der Waals surface area contributed by atoms with Gasteiger partial charge in [0.15, 0.2) is 0 Å². The molecule has 12 heteroatoms. The van der Waals surface area contributed by atoms with Crippen molar-refractivity contribution in [3.05, 3.63) is 23.3 Å². The molecule has 4 aliphatic rings. The van der Waals surface area contributed by atoms with Gasteiger partial charge in [0, 0.05) is 44.9 Å². The first kappa shape index (κ1) is 43.6. The summed E-state index contributed by atoms with van der Waals surface area (Å²) < 4.78 is 24.2. The van der Waals surface area contributed by atoms with E-state index in [9.17, 15) is 29.4 Å². The van der Waals surface area contributed by atoms with E-state index in [4.69, 9.17) is 18.9 Å². The van der Waals surface area contributed by atoms with Gasteiger partial charge in [-0.05, 0) is 101 Å². The largest absolute Gasteiger partial charge is 0.456 e. The number of aliphatic hydroxyl groups excluding tert-OH is 1. The number of nitrogens with zero attached hydrogens (tertiary/aromatic N) is 1. The molecule has 4 heterocycles. The molecule has 1 amide bonds. The van der Waals surface area contributed by atoms with Gasteiger partial charge in [-0.1, -0.05) is 45.4 Å². The summed E-state index contributed by atoms with van der Waals surface area (Å²) in [5, 5.41) is 23.6. The molecule has 3 saturated heterocycles.